The molecule has 0 bridgehead atoms. The second-order valence-electron chi connectivity index (χ2n) is 4.09. The van der Waals surface area contributed by atoms with Gasteiger partial charge in [0.05, 0.1) is 25.0 Å². The van der Waals surface area contributed by atoms with Gasteiger partial charge in [-0.1, -0.05) is 0 Å². The van der Waals surface area contributed by atoms with Crippen LogP contribution in [0.1, 0.15) is 34.7 Å². The van der Waals surface area contributed by atoms with Crippen LogP contribution in [0.2, 0.25) is 0 Å². The van der Waals surface area contributed by atoms with Crippen molar-refractivity contribution in [1.82, 2.24) is 19.6 Å². The van der Waals surface area contributed by atoms with Crippen LogP contribution in [0, 0.1) is 0 Å². The Balaban J connectivity index is 2.02. The Morgan fingerprint density at radius 3 is 2.57 bits per heavy atom. The predicted octanol–water partition coefficient (Wildman–Crippen LogP) is 0.939. The highest BCUT2D eigenvalue weighted by Gasteiger charge is 2.12. The summed E-state index contributed by atoms with van der Waals surface area (Å²) in [5.41, 5.74) is 0.601. The van der Waals surface area contributed by atoms with E-state index in [0.29, 0.717) is 18.8 Å². The first-order valence-corrected chi connectivity index (χ1v) is 6.54. The van der Waals surface area contributed by atoms with Crippen LogP contribution in [0.3, 0.4) is 0 Å². The first-order valence-electron chi connectivity index (χ1n) is 6.54. The molecule has 0 saturated heterocycles. The normalized spacial score (nSPS) is 10.4. The van der Waals surface area contributed by atoms with Crippen molar-refractivity contribution in [3.05, 3.63) is 35.9 Å². The Morgan fingerprint density at radius 2 is 1.86 bits per heavy atom. The van der Waals surface area contributed by atoms with Gasteiger partial charge in [0, 0.05) is 12.4 Å². The summed E-state index contributed by atoms with van der Waals surface area (Å²) < 4.78 is 12.8. The van der Waals surface area contributed by atoms with Gasteiger partial charge in [0.2, 0.25) is 0 Å². The molecule has 0 unspecified atom stereocenters. The van der Waals surface area contributed by atoms with Crippen molar-refractivity contribution in [2.24, 2.45) is 0 Å². The van der Waals surface area contributed by atoms with Crippen LogP contribution in [0.5, 0.6) is 0 Å². The summed E-state index contributed by atoms with van der Waals surface area (Å²) in [4.78, 5) is 23.0. The van der Waals surface area contributed by atoms with Crippen LogP contribution in [0.4, 0.5) is 0 Å². The van der Waals surface area contributed by atoms with E-state index in [-0.39, 0.29) is 12.4 Å². The zero-order chi connectivity index (χ0) is 15.2. The Hall–Kier alpha value is -2.64. The maximum atomic E-state index is 11.5. The molecule has 0 aliphatic rings. The van der Waals surface area contributed by atoms with Gasteiger partial charge in [0.15, 0.2) is 5.69 Å². The molecule has 0 N–H and O–H groups in total. The van der Waals surface area contributed by atoms with Crippen molar-refractivity contribution in [1.29, 1.82) is 0 Å². The van der Waals surface area contributed by atoms with Crippen LogP contribution in [0.25, 0.3) is 0 Å². The molecule has 21 heavy (non-hydrogen) atoms. The van der Waals surface area contributed by atoms with Crippen molar-refractivity contribution in [3.8, 4) is 0 Å². The van der Waals surface area contributed by atoms with Crippen molar-refractivity contribution in [2.45, 2.75) is 20.5 Å². The topological polar surface area (TPSA) is 88.2 Å². The maximum absolute atomic E-state index is 11.5. The van der Waals surface area contributed by atoms with E-state index in [9.17, 15) is 9.59 Å². The molecule has 8 nitrogen and oxygen atoms in total. The van der Waals surface area contributed by atoms with Gasteiger partial charge in [0.1, 0.15) is 6.67 Å². The lowest BCUT2D eigenvalue weighted by Crippen LogP contribution is -2.11. The van der Waals surface area contributed by atoms with E-state index >= 15 is 0 Å². The maximum Gasteiger partial charge on any atom is 0.358 e. The molecule has 0 aromatic carbocycles. The third kappa shape index (κ3) is 3.68. The smallest absolute Gasteiger partial charge is 0.358 e. The van der Waals surface area contributed by atoms with E-state index in [2.05, 4.69) is 10.2 Å². The fourth-order valence-electron chi connectivity index (χ4n) is 1.66. The molecule has 112 valence electrons. The Bertz CT molecular complexity index is 577. The summed E-state index contributed by atoms with van der Waals surface area (Å²) in [6, 6.07) is 1.56. The number of hydrogen-bond acceptors (Lipinski definition) is 6. The molecule has 0 aliphatic heterocycles. The van der Waals surface area contributed by atoms with E-state index in [1.807, 2.05) is 0 Å². The number of aromatic nitrogens is 4. The van der Waals surface area contributed by atoms with Gasteiger partial charge < -0.3 is 9.47 Å². The monoisotopic (exact) mass is 292 g/mol. The largest absolute Gasteiger partial charge is 0.462 e. The van der Waals surface area contributed by atoms with E-state index in [4.69, 9.17) is 9.47 Å². The van der Waals surface area contributed by atoms with Gasteiger partial charge in [-0.05, 0) is 19.9 Å². The zero-order valence-corrected chi connectivity index (χ0v) is 11.9. The molecule has 8 heteroatoms. The first-order chi connectivity index (χ1) is 10.1. The second kappa shape index (κ2) is 6.69. The van der Waals surface area contributed by atoms with E-state index in [0.717, 1.165) is 0 Å². The highest BCUT2D eigenvalue weighted by Crippen LogP contribution is 2.03. The van der Waals surface area contributed by atoms with Crippen LogP contribution in [-0.2, 0) is 16.1 Å². The number of ether oxygens (including phenoxy) is 2. The number of carbonyl (C=O) groups is 2. The SMILES string of the molecule is CCOC(=O)c1cnn(Cn2ccc(C(=O)OCC)n2)c1. The van der Waals surface area contributed by atoms with Gasteiger partial charge in [-0.15, -0.1) is 0 Å². The third-order valence-electron chi connectivity index (χ3n) is 2.56. The molecule has 0 radical (unpaired) electrons. The average molecular weight is 292 g/mol. The number of carbonyl (C=O) groups excluding carboxylic acids is 2. The Kier molecular flexibility index (Phi) is 4.70. The average Bonchev–Trinajstić information content (AvgIpc) is 3.09. The van der Waals surface area contributed by atoms with Gasteiger partial charge >= 0.3 is 11.9 Å². The molecule has 2 aromatic heterocycles. The summed E-state index contributed by atoms with van der Waals surface area (Å²) in [5.74, 6) is -0.889. The number of esters is 2. The van der Waals surface area contributed by atoms with Gasteiger partial charge in [0.25, 0.3) is 0 Å². The van der Waals surface area contributed by atoms with Gasteiger partial charge in [-0.25, -0.2) is 9.59 Å². The standard InChI is InChI=1S/C13H16N4O4/c1-3-20-12(18)10-7-14-17(8-10)9-16-6-5-11(15-16)13(19)21-4-2/h5-8H,3-4,9H2,1-2H3. The molecule has 2 rings (SSSR count). The lowest BCUT2D eigenvalue weighted by atomic mass is 10.4. The fraction of sp³-hybridized carbons (Fsp3) is 0.385. The van der Waals surface area contributed by atoms with Crippen LogP contribution >= 0.6 is 0 Å². The van der Waals surface area contributed by atoms with Crippen LogP contribution in [-0.4, -0.2) is 44.7 Å². The van der Waals surface area contributed by atoms with Crippen LogP contribution < -0.4 is 0 Å². The molecule has 0 saturated carbocycles. The molecule has 2 aromatic rings. The van der Waals surface area contributed by atoms with Crippen molar-refractivity contribution in [3.63, 3.8) is 0 Å². The van der Waals surface area contributed by atoms with E-state index in [1.54, 1.807) is 32.3 Å². The molecule has 0 atom stereocenters. The summed E-state index contributed by atoms with van der Waals surface area (Å²) >= 11 is 0. The second-order valence-corrected chi connectivity index (χ2v) is 4.09. The Morgan fingerprint density at radius 1 is 1.14 bits per heavy atom. The summed E-state index contributed by atoms with van der Waals surface area (Å²) in [5, 5.41) is 8.12. The molecule has 0 fully saturated rings. The van der Waals surface area contributed by atoms with Crippen LogP contribution in [0.15, 0.2) is 24.7 Å². The molecule has 0 aliphatic carbocycles. The molecule has 0 spiro atoms. The molecule has 2 heterocycles. The summed E-state index contributed by atoms with van der Waals surface area (Å²) in [6.45, 7) is 4.36. The van der Waals surface area contributed by atoms with E-state index < -0.39 is 11.9 Å². The molecular weight excluding hydrogens is 276 g/mol. The molecular formula is C13H16N4O4. The van der Waals surface area contributed by atoms with Crippen molar-refractivity contribution >= 4 is 11.9 Å². The number of nitrogens with zero attached hydrogens (tertiary/aromatic N) is 4. The first kappa shape index (κ1) is 14.8. The lowest BCUT2D eigenvalue weighted by Gasteiger charge is -2.01. The quantitative estimate of drug-likeness (QED) is 0.736. The number of rotatable bonds is 6. The highest BCUT2D eigenvalue weighted by atomic mass is 16.5. The summed E-state index contributed by atoms with van der Waals surface area (Å²) in [6.07, 6.45) is 4.62. The van der Waals surface area contributed by atoms with E-state index in [1.165, 1.54) is 15.6 Å². The zero-order valence-electron chi connectivity index (χ0n) is 11.9. The fourth-order valence-corrected chi connectivity index (χ4v) is 1.66. The number of hydrogen-bond donors (Lipinski definition) is 0. The van der Waals surface area contributed by atoms with Crippen molar-refractivity contribution < 1.29 is 19.1 Å². The minimum absolute atomic E-state index is 0.231. The summed E-state index contributed by atoms with van der Waals surface area (Å²) in [7, 11) is 0. The molecule has 0 amide bonds. The predicted molar refractivity (Wildman–Crippen MR) is 71.8 cm³/mol. The van der Waals surface area contributed by atoms with Gasteiger partial charge in [-0.2, -0.15) is 10.2 Å². The highest BCUT2D eigenvalue weighted by molar-refractivity contribution is 5.88. The minimum Gasteiger partial charge on any atom is -0.462 e. The lowest BCUT2D eigenvalue weighted by molar-refractivity contribution is 0.0512. The van der Waals surface area contributed by atoms with Crippen molar-refractivity contribution in [2.75, 3.05) is 13.2 Å². The van der Waals surface area contributed by atoms with Gasteiger partial charge in [-0.3, -0.25) is 9.36 Å². The Labute approximate surface area is 121 Å². The third-order valence-corrected chi connectivity index (χ3v) is 2.56. The minimum atomic E-state index is -0.469.